The summed E-state index contributed by atoms with van der Waals surface area (Å²) in [6, 6.07) is 13.0. The Kier molecular flexibility index (Phi) is 6.07. The Morgan fingerprint density at radius 2 is 2.03 bits per heavy atom. The van der Waals surface area contributed by atoms with Crippen molar-refractivity contribution in [3.63, 3.8) is 0 Å². The van der Waals surface area contributed by atoms with Gasteiger partial charge in [-0.2, -0.15) is 10.4 Å². The summed E-state index contributed by atoms with van der Waals surface area (Å²) < 4.78 is 0. The number of hydrogen-bond acceptors (Lipinski definition) is 7. The molecule has 9 nitrogen and oxygen atoms in total. The minimum Gasteiger partial charge on any atom is -0.331 e. The van der Waals surface area contributed by atoms with E-state index in [1.165, 1.54) is 6.42 Å². The van der Waals surface area contributed by atoms with E-state index in [9.17, 15) is 10.1 Å². The van der Waals surface area contributed by atoms with Crippen molar-refractivity contribution >= 4 is 45.7 Å². The number of aromatic amines is 1. The Hall–Kier alpha value is -3.87. The highest BCUT2D eigenvalue weighted by Crippen LogP contribution is 2.37. The third-order valence-electron chi connectivity index (χ3n) is 7.45. The number of halogens is 1. The zero-order valence-corrected chi connectivity index (χ0v) is 21.2. The van der Waals surface area contributed by atoms with Gasteiger partial charge in [-0.3, -0.25) is 19.7 Å². The molecule has 1 amide bonds. The van der Waals surface area contributed by atoms with Gasteiger partial charge in [-0.05, 0) is 50.1 Å². The molecule has 2 fully saturated rings. The van der Waals surface area contributed by atoms with Crippen LogP contribution in [0.2, 0.25) is 5.02 Å². The van der Waals surface area contributed by atoms with Crippen molar-refractivity contribution in [2.75, 3.05) is 10.2 Å². The second-order valence-corrected chi connectivity index (χ2v) is 10.1. The summed E-state index contributed by atoms with van der Waals surface area (Å²) in [5.74, 6) is 0.525. The van der Waals surface area contributed by atoms with Crippen LogP contribution >= 0.6 is 11.6 Å². The molecule has 1 saturated carbocycles. The van der Waals surface area contributed by atoms with Crippen molar-refractivity contribution in [3.05, 3.63) is 65.1 Å². The first-order valence-corrected chi connectivity index (χ1v) is 13.0. The Bertz CT molecular complexity index is 1460. The van der Waals surface area contributed by atoms with E-state index < -0.39 is 0 Å². The number of anilines is 2. The number of H-pyrrole nitrogens is 1. The molecule has 10 heteroatoms. The van der Waals surface area contributed by atoms with Crippen LogP contribution in [-0.2, 0) is 4.79 Å². The lowest BCUT2D eigenvalue weighted by molar-refractivity contribution is -0.127. The van der Waals surface area contributed by atoms with Crippen molar-refractivity contribution in [2.45, 2.75) is 57.3 Å². The van der Waals surface area contributed by atoms with Crippen LogP contribution < -0.4 is 15.5 Å². The summed E-state index contributed by atoms with van der Waals surface area (Å²) in [4.78, 5) is 22.8. The average molecular weight is 515 g/mol. The van der Waals surface area contributed by atoms with Crippen LogP contribution in [0.1, 0.15) is 44.6 Å². The summed E-state index contributed by atoms with van der Waals surface area (Å²) in [6.45, 7) is 1.96. The quantitative estimate of drug-likeness (QED) is 0.467. The first kappa shape index (κ1) is 23.5. The van der Waals surface area contributed by atoms with Crippen LogP contribution in [0, 0.1) is 11.3 Å². The second kappa shape index (κ2) is 9.54. The molecule has 3 aromatic rings. The van der Waals surface area contributed by atoms with Gasteiger partial charge in [0.1, 0.15) is 6.17 Å². The number of carbonyl (C=O) groups excluding carboxylic acids is 1. The molecule has 0 spiro atoms. The van der Waals surface area contributed by atoms with E-state index in [0.29, 0.717) is 27.9 Å². The number of fused-ring (bicyclic) bond motifs is 2. The summed E-state index contributed by atoms with van der Waals surface area (Å²) in [7, 11) is 0. The maximum absolute atomic E-state index is 13.8. The lowest BCUT2D eigenvalue weighted by atomic mass is 9.91. The van der Waals surface area contributed by atoms with Gasteiger partial charge in [-0.25, -0.2) is 4.99 Å². The highest BCUT2D eigenvalue weighted by atomic mass is 35.5. The fraction of sp³-hybridized carbons (Fsp3) is 0.333. The van der Waals surface area contributed by atoms with E-state index in [1.54, 1.807) is 29.3 Å². The van der Waals surface area contributed by atoms with Gasteiger partial charge < -0.3 is 10.6 Å². The number of nitriles is 1. The van der Waals surface area contributed by atoms with Crippen LogP contribution in [0.25, 0.3) is 10.9 Å². The number of rotatable bonds is 3. The Balaban J connectivity index is 1.39. The largest absolute Gasteiger partial charge is 0.331 e. The maximum atomic E-state index is 13.8. The molecule has 3 aliphatic rings. The van der Waals surface area contributed by atoms with Crippen LogP contribution in [0.3, 0.4) is 0 Å². The van der Waals surface area contributed by atoms with Crippen molar-refractivity contribution < 1.29 is 4.79 Å². The molecule has 1 unspecified atom stereocenters. The number of aromatic nitrogens is 2. The molecule has 1 aliphatic carbocycles. The predicted octanol–water partition coefficient (Wildman–Crippen LogP) is 4.70. The highest BCUT2D eigenvalue weighted by molar-refractivity contribution is 6.34. The molecule has 2 aromatic carbocycles. The summed E-state index contributed by atoms with van der Waals surface area (Å²) in [6.07, 6.45) is 8.81. The highest BCUT2D eigenvalue weighted by Gasteiger charge is 2.46. The van der Waals surface area contributed by atoms with E-state index >= 15 is 0 Å². The number of piperazine rings is 1. The van der Waals surface area contributed by atoms with Crippen molar-refractivity contribution in [1.29, 1.82) is 5.26 Å². The molecule has 0 radical (unpaired) electrons. The van der Waals surface area contributed by atoms with Gasteiger partial charge in [-0.15, -0.1) is 0 Å². The summed E-state index contributed by atoms with van der Waals surface area (Å²) in [5.41, 5.74) is 3.47. The standard InChI is InChI=1S/C27H27ClN8O/c1-16-26(37)36(20-9-5-6-17(10-20)13-29)24-15-30-27(33-25(24)35(16)19-7-3-2-4-8-19)32-23-11-18-14-31-34-22(18)12-21(23)28/h5-6,9-12,14-16,19,25H,2-4,7-8H2,1H3,(H,31,34)(H2,30,32,33)/t16-,25?/m1/s1. The third kappa shape index (κ3) is 4.22. The van der Waals surface area contributed by atoms with Crippen molar-refractivity contribution in [3.8, 4) is 6.07 Å². The molecule has 2 aliphatic heterocycles. The number of benzene rings is 2. The van der Waals surface area contributed by atoms with Gasteiger partial charge in [0.2, 0.25) is 11.9 Å². The molecule has 2 atom stereocenters. The smallest absolute Gasteiger partial charge is 0.248 e. The molecule has 6 rings (SSSR count). The van der Waals surface area contributed by atoms with Crippen LogP contribution in [0.15, 0.2) is 59.5 Å². The Morgan fingerprint density at radius 3 is 2.84 bits per heavy atom. The fourth-order valence-corrected chi connectivity index (χ4v) is 5.85. The normalized spacial score (nSPS) is 22.6. The summed E-state index contributed by atoms with van der Waals surface area (Å²) in [5, 5.41) is 24.5. The Morgan fingerprint density at radius 1 is 1.19 bits per heavy atom. The summed E-state index contributed by atoms with van der Waals surface area (Å²) >= 11 is 6.54. The number of carbonyl (C=O) groups is 1. The van der Waals surface area contributed by atoms with E-state index in [-0.39, 0.29) is 24.2 Å². The van der Waals surface area contributed by atoms with Crippen LogP contribution in [0.4, 0.5) is 11.4 Å². The van der Waals surface area contributed by atoms with E-state index in [4.69, 9.17) is 16.6 Å². The first-order valence-electron chi connectivity index (χ1n) is 12.6. The van der Waals surface area contributed by atoms with Gasteiger partial charge in [0, 0.05) is 17.6 Å². The number of aliphatic imine (C=N–C) groups is 1. The Labute approximate surface area is 219 Å². The average Bonchev–Trinajstić information content (AvgIpc) is 3.37. The van der Waals surface area contributed by atoms with Crippen molar-refractivity contribution in [2.24, 2.45) is 4.99 Å². The molecule has 3 N–H and O–H groups in total. The molecule has 1 saturated heterocycles. The SMILES string of the molecule is C[C@@H]1C(=O)N(c2cccc(C#N)c2)C2=CNC(Nc3cc4cn[nH]c4cc3Cl)=NC2N1C1CCCCC1. The number of guanidine groups is 1. The third-order valence-corrected chi connectivity index (χ3v) is 7.76. The van der Waals surface area contributed by atoms with Crippen molar-refractivity contribution in [1.82, 2.24) is 20.4 Å². The second-order valence-electron chi connectivity index (χ2n) is 9.73. The number of amides is 1. The molecule has 37 heavy (non-hydrogen) atoms. The van der Waals surface area contributed by atoms with Gasteiger partial charge in [0.25, 0.3) is 0 Å². The fourth-order valence-electron chi connectivity index (χ4n) is 5.64. The van der Waals surface area contributed by atoms with E-state index in [1.807, 2.05) is 31.3 Å². The number of nitrogens with zero attached hydrogens (tertiary/aromatic N) is 5. The minimum absolute atomic E-state index is 0.0231. The maximum Gasteiger partial charge on any atom is 0.248 e. The topological polar surface area (TPSA) is 112 Å². The number of nitrogens with one attached hydrogen (secondary N) is 3. The molecule has 188 valence electrons. The molecule has 0 bridgehead atoms. The lowest BCUT2D eigenvalue weighted by Gasteiger charge is -2.49. The van der Waals surface area contributed by atoms with Gasteiger partial charge in [-0.1, -0.05) is 36.9 Å². The first-order chi connectivity index (χ1) is 18.0. The van der Waals surface area contributed by atoms with Crippen LogP contribution in [0.5, 0.6) is 0 Å². The van der Waals surface area contributed by atoms with Gasteiger partial charge >= 0.3 is 0 Å². The van der Waals surface area contributed by atoms with Crippen LogP contribution in [-0.4, -0.2) is 45.2 Å². The zero-order chi connectivity index (χ0) is 25.5. The zero-order valence-electron chi connectivity index (χ0n) is 20.4. The van der Waals surface area contributed by atoms with E-state index in [0.717, 1.165) is 42.3 Å². The van der Waals surface area contributed by atoms with Gasteiger partial charge in [0.05, 0.1) is 51.5 Å². The molecular formula is C27H27ClN8O. The molecule has 1 aromatic heterocycles. The minimum atomic E-state index is -0.373. The molecular weight excluding hydrogens is 488 g/mol. The lowest BCUT2D eigenvalue weighted by Crippen LogP contribution is -2.64. The molecule has 3 heterocycles. The monoisotopic (exact) mass is 514 g/mol. The number of hydrogen-bond donors (Lipinski definition) is 3. The predicted molar refractivity (Wildman–Crippen MR) is 144 cm³/mol. The van der Waals surface area contributed by atoms with Gasteiger partial charge in [0.15, 0.2) is 0 Å². The van der Waals surface area contributed by atoms with E-state index in [2.05, 4.69) is 31.8 Å².